The van der Waals surface area contributed by atoms with Crippen LogP contribution in [0.5, 0.6) is 0 Å². The second kappa shape index (κ2) is 10.3. The van der Waals surface area contributed by atoms with Gasteiger partial charge in [0.1, 0.15) is 5.71 Å². The Morgan fingerprint density at radius 1 is 1.04 bits per heavy atom. The van der Waals surface area contributed by atoms with Crippen molar-refractivity contribution in [3.8, 4) is 11.8 Å². The molecular formula is C24H28N2. The van der Waals surface area contributed by atoms with Gasteiger partial charge in [-0.05, 0) is 37.0 Å². The maximum absolute atomic E-state index is 4.46. The monoisotopic (exact) mass is 344 g/mol. The largest absolute Gasteiger partial charge is 0.314 e. The van der Waals surface area contributed by atoms with E-state index in [0.29, 0.717) is 0 Å². The summed E-state index contributed by atoms with van der Waals surface area (Å²) < 4.78 is 0. The van der Waals surface area contributed by atoms with Crippen molar-refractivity contribution in [1.82, 2.24) is 0 Å². The molecule has 0 saturated carbocycles. The number of nitrogens with zero attached hydrogens (tertiary/aromatic N) is 2. The number of hydrogen-bond acceptors (Lipinski definition) is 2. The molecule has 0 N–H and O–H groups in total. The van der Waals surface area contributed by atoms with Crippen LogP contribution in [-0.2, 0) is 0 Å². The molecule has 0 aliphatic rings. The lowest BCUT2D eigenvalue weighted by Gasteiger charge is -2.28. The number of hydrogen-bond donors (Lipinski definition) is 0. The van der Waals surface area contributed by atoms with Gasteiger partial charge in [0.25, 0.3) is 0 Å². The lowest BCUT2D eigenvalue weighted by atomic mass is 10.0. The average molecular weight is 345 g/mol. The Kier molecular flexibility index (Phi) is 7.71. The van der Waals surface area contributed by atoms with Crippen LogP contribution in [0.2, 0.25) is 0 Å². The molecule has 0 bridgehead atoms. The Morgan fingerprint density at radius 2 is 1.73 bits per heavy atom. The fourth-order valence-electron chi connectivity index (χ4n) is 2.75. The standard InChI is InChI=1S/C24H28N2/c1-5-7-8-12-18-23(25-4)22-17-13-14-19-24(22)26(20(3)6-2)21-15-10-9-11-16-21/h9-11,13-17,19H,3,5-8H2,1-2,4H3. The molecule has 0 aliphatic heterocycles. The van der Waals surface area contributed by atoms with Crippen LogP contribution in [0, 0.1) is 11.8 Å². The second-order valence-electron chi connectivity index (χ2n) is 6.09. The van der Waals surface area contributed by atoms with Gasteiger partial charge < -0.3 is 4.90 Å². The maximum Gasteiger partial charge on any atom is 0.116 e. The summed E-state index contributed by atoms with van der Waals surface area (Å²) in [5.41, 5.74) is 5.06. The smallest absolute Gasteiger partial charge is 0.116 e. The Bertz CT molecular complexity index is 807. The first kappa shape index (κ1) is 19.5. The molecule has 0 aliphatic carbocycles. The first-order chi connectivity index (χ1) is 12.7. The molecule has 2 heteroatoms. The van der Waals surface area contributed by atoms with Gasteiger partial charge in [0.05, 0.1) is 5.69 Å². The topological polar surface area (TPSA) is 15.6 Å². The minimum absolute atomic E-state index is 0.821. The van der Waals surface area contributed by atoms with Crippen LogP contribution < -0.4 is 4.90 Å². The molecular weight excluding hydrogens is 316 g/mol. The highest BCUT2D eigenvalue weighted by atomic mass is 15.1. The van der Waals surface area contributed by atoms with Gasteiger partial charge in [0.2, 0.25) is 0 Å². The Hall–Kier alpha value is -2.79. The van der Waals surface area contributed by atoms with Gasteiger partial charge in [0.15, 0.2) is 0 Å². The predicted octanol–water partition coefficient (Wildman–Crippen LogP) is 6.36. The van der Waals surface area contributed by atoms with Crippen LogP contribution in [0.1, 0.15) is 45.1 Å². The highest BCUT2D eigenvalue weighted by Crippen LogP contribution is 2.33. The molecule has 0 aromatic heterocycles. The van der Waals surface area contributed by atoms with Crippen LogP contribution >= 0.6 is 0 Å². The summed E-state index contributed by atoms with van der Waals surface area (Å²) in [6.07, 6.45) is 4.04. The van der Waals surface area contributed by atoms with E-state index in [-0.39, 0.29) is 0 Å². The van der Waals surface area contributed by atoms with Crippen LogP contribution in [0.15, 0.2) is 71.9 Å². The maximum atomic E-state index is 4.46. The SMILES string of the molecule is C=C(CC)N(c1ccccc1)c1ccccc1C(C#CCCCC)=NC. The van der Waals surface area contributed by atoms with Crippen molar-refractivity contribution >= 4 is 17.1 Å². The van der Waals surface area contributed by atoms with Crippen molar-refractivity contribution < 1.29 is 0 Å². The van der Waals surface area contributed by atoms with Gasteiger partial charge in [-0.25, -0.2) is 0 Å². The van der Waals surface area contributed by atoms with Crippen molar-refractivity contribution in [2.24, 2.45) is 4.99 Å². The minimum atomic E-state index is 0.821. The summed E-state index contributed by atoms with van der Waals surface area (Å²) in [5, 5.41) is 0. The molecule has 2 aromatic rings. The molecule has 0 saturated heterocycles. The molecule has 0 fully saturated rings. The van der Waals surface area contributed by atoms with Crippen LogP contribution in [-0.4, -0.2) is 12.8 Å². The third-order valence-corrected chi connectivity index (χ3v) is 4.22. The quantitative estimate of drug-likeness (QED) is 0.324. The molecule has 2 aromatic carbocycles. The summed E-state index contributed by atoms with van der Waals surface area (Å²) in [5.74, 6) is 6.53. The highest BCUT2D eigenvalue weighted by molar-refractivity contribution is 6.16. The third kappa shape index (κ3) is 4.86. The zero-order valence-electron chi connectivity index (χ0n) is 16.1. The number of unbranched alkanes of at least 4 members (excludes halogenated alkanes) is 2. The molecule has 0 radical (unpaired) electrons. The first-order valence-electron chi connectivity index (χ1n) is 9.30. The number of para-hydroxylation sites is 2. The van der Waals surface area contributed by atoms with Gasteiger partial charge >= 0.3 is 0 Å². The van der Waals surface area contributed by atoms with E-state index in [9.17, 15) is 0 Å². The normalized spacial score (nSPS) is 10.8. The number of allylic oxidation sites excluding steroid dienone is 1. The predicted molar refractivity (Wildman–Crippen MR) is 114 cm³/mol. The Morgan fingerprint density at radius 3 is 2.38 bits per heavy atom. The van der Waals surface area contributed by atoms with E-state index < -0.39 is 0 Å². The van der Waals surface area contributed by atoms with E-state index in [4.69, 9.17) is 0 Å². The molecule has 0 amide bonds. The van der Waals surface area contributed by atoms with E-state index in [1.54, 1.807) is 0 Å². The minimum Gasteiger partial charge on any atom is -0.314 e. The van der Waals surface area contributed by atoms with Crippen molar-refractivity contribution in [2.45, 2.75) is 39.5 Å². The Balaban J connectivity index is 2.51. The first-order valence-corrected chi connectivity index (χ1v) is 9.30. The molecule has 0 atom stereocenters. The van der Waals surface area contributed by atoms with Crippen molar-refractivity contribution in [2.75, 3.05) is 11.9 Å². The van der Waals surface area contributed by atoms with Crippen molar-refractivity contribution in [3.63, 3.8) is 0 Å². The molecule has 2 nitrogen and oxygen atoms in total. The van der Waals surface area contributed by atoms with Gasteiger partial charge in [-0.3, -0.25) is 4.99 Å². The molecule has 0 spiro atoms. The van der Waals surface area contributed by atoms with E-state index in [1.165, 1.54) is 0 Å². The summed E-state index contributed by atoms with van der Waals surface area (Å²) in [6.45, 7) is 8.59. The molecule has 0 unspecified atom stereocenters. The lowest BCUT2D eigenvalue weighted by molar-refractivity contribution is 0.828. The van der Waals surface area contributed by atoms with Crippen LogP contribution in [0.3, 0.4) is 0 Å². The third-order valence-electron chi connectivity index (χ3n) is 4.22. The summed E-state index contributed by atoms with van der Waals surface area (Å²) in [4.78, 5) is 6.67. The van der Waals surface area contributed by atoms with Gasteiger partial charge in [-0.1, -0.05) is 69.2 Å². The van der Waals surface area contributed by atoms with E-state index in [2.05, 4.69) is 72.5 Å². The number of rotatable bonds is 7. The van der Waals surface area contributed by atoms with Gasteiger partial charge in [-0.2, -0.15) is 0 Å². The molecule has 0 heterocycles. The average Bonchev–Trinajstić information content (AvgIpc) is 2.69. The summed E-state index contributed by atoms with van der Waals surface area (Å²) in [7, 11) is 1.81. The van der Waals surface area contributed by atoms with Crippen molar-refractivity contribution in [1.29, 1.82) is 0 Å². The van der Waals surface area contributed by atoms with Crippen LogP contribution in [0.25, 0.3) is 0 Å². The zero-order valence-corrected chi connectivity index (χ0v) is 16.1. The van der Waals surface area contributed by atoms with E-state index in [1.807, 2.05) is 31.3 Å². The Labute approximate surface area is 158 Å². The van der Waals surface area contributed by atoms with E-state index in [0.717, 1.165) is 54.0 Å². The molecule has 134 valence electrons. The van der Waals surface area contributed by atoms with Gasteiger partial charge in [0, 0.05) is 30.4 Å². The van der Waals surface area contributed by atoms with Crippen molar-refractivity contribution in [3.05, 3.63) is 72.4 Å². The molecule has 2 rings (SSSR count). The van der Waals surface area contributed by atoms with E-state index >= 15 is 0 Å². The number of aliphatic imine (C=N–C) groups is 1. The van der Waals surface area contributed by atoms with Gasteiger partial charge in [-0.15, -0.1) is 0 Å². The van der Waals surface area contributed by atoms with Crippen LogP contribution in [0.4, 0.5) is 11.4 Å². The summed E-state index contributed by atoms with van der Waals surface area (Å²) in [6, 6.07) is 18.6. The molecule has 26 heavy (non-hydrogen) atoms. The second-order valence-corrected chi connectivity index (χ2v) is 6.09. The fourth-order valence-corrected chi connectivity index (χ4v) is 2.75. The zero-order chi connectivity index (χ0) is 18.8. The number of benzene rings is 2. The summed E-state index contributed by atoms with van der Waals surface area (Å²) >= 11 is 0. The lowest BCUT2D eigenvalue weighted by Crippen LogP contribution is -2.18. The fraction of sp³-hybridized carbons (Fsp3) is 0.292. The number of anilines is 2. The highest BCUT2D eigenvalue weighted by Gasteiger charge is 2.17.